The van der Waals surface area contributed by atoms with Crippen LogP contribution in [0, 0.1) is 6.92 Å². The molecule has 0 aliphatic carbocycles. The molecule has 4 aromatic rings. The summed E-state index contributed by atoms with van der Waals surface area (Å²) >= 11 is 1.59. The van der Waals surface area contributed by atoms with Crippen LogP contribution in [0.4, 0.5) is 11.5 Å². The zero-order chi connectivity index (χ0) is 20.7. The molecule has 0 amide bonds. The average Bonchev–Trinajstić information content (AvgIpc) is 3.52. The van der Waals surface area contributed by atoms with Gasteiger partial charge in [-0.1, -0.05) is 0 Å². The van der Waals surface area contributed by atoms with Crippen molar-refractivity contribution in [2.45, 2.75) is 13.3 Å². The minimum atomic E-state index is 0.761. The lowest BCUT2D eigenvalue weighted by atomic mass is 10.1. The van der Waals surface area contributed by atoms with Gasteiger partial charge >= 0.3 is 0 Å². The molecule has 0 spiro atoms. The number of aryl methyl sites for hydroxylation is 1. The summed E-state index contributed by atoms with van der Waals surface area (Å²) in [5.41, 5.74) is 5.02. The van der Waals surface area contributed by atoms with Crippen LogP contribution in [0.2, 0.25) is 0 Å². The van der Waals surface area contributed by atoms with E-state index in [-0.39, 0.29) is 0 Å². The van der Waals surface area contributed by atoms with E-state index in [1.807, 2.05) is 47.4 Å². The van der Waals surface area contributed by atoms with Gasteiger partial charge in [-0.25, -0.2) is 14.6 Å². The number of methoxy groups -OCH3 is 2. The predicted octanol–water partition coefficient (Wildman–Crippen LogP) is 4.41. The van der Waals surface area contributed by atoms with Gasteiger partial charge in [-0.2, -0.15) is 5.10 Å². The topological polar surface area (TPSA) is 65.3 Å². The highest BCUT2D eigenvalue weighted by molar-refractivity contribution is 7.13. The Kier molecular flexibility index (Phi) is 4.63. The van der Waals surface area contributed by atoms with Gasteiger partial charge in [0.05, 0.1) is 25.6 Å². The second kappa shape index (κ2) is 7.46. The molecular formula is C22H21N5O2S. The molecule has 0 unspecified atom stereocenters. The van der Waals surface area contributed by atoms with E-state index in [1.54, 1.807) is 31.8 Å². The van der Waals surface area contributed by atoms with E-state index in [0.29, 0.717) is 0 Å². The number of nitrogens with zero attached hydrogens (tertiary/aromatic N) is 5. The number of hydrogen-bond acceptors (Lipinski definition) is 7. The second-order valence-electron chi connectivity index (χ2n) is 7.01. The van der Waals surface area contributed by atoms with E-state index in [9.17, 15) is 0 Å². The number of rotatable bonds is 5. The summed E-state index contributed by atoms with van der Waals surface area (Å²) in [6, 6.07) is 9.95. The summed E-state index contributed by atoms with van der Waals surface area (Å²) in [6.45, 7) is 2.83. The molecule has 5 rings (SSSR count). The summed E-state index contributed by atoms with van der Waals surface area (Å²) in [4.78, 5) is 11.4. The average molecular weight is 420 g/mol. The Morgan fingerprint density at radius 3 is 2.73 bits per heavy atom. The minimum absolute atomic E-state index is 0.761. The van der Waals surface area contributed by atoms with Crippen LogP contribution in [0.3, 0.4) is 0 Å². The third kappa shape index (κ3) is 3.09. The number of ether oxygens (including phenoxy) is 2. The molecule has 0 fully saturated rings. The van der Waals surface area contributed by atoms with Crippen molar-refractivity contribution in [2.75, 3.05) is 25.7 Å². The van der Waals surface area contributed by atoms with Crippen molar-refractivity contribution in [3.63, 3.8) is 0 Å². The number of benzene rings is 1. The Morgan fingerprint density at radius 1 is 1.07 bits per heavy atom. The van der Waals surface area contributed by atoms with Crippen molar-refractivity contribution in [2.24, 2.45) is 0 Å². The molecule has 0 N–H and O–H groups in total. The normalized spacial score (nSPS) is 12.8. The fraction of sp³-hybridized carbons (Fsp3) is 0.227. The summed E-state index contributed by atoms with van der Waals surface area (Å²) in [5, 5.41) is 7.65. The van der Waals surface area contributed by atoms with Crippen molar-refractivity contribution in [1.82, 2.24) is 19.7 Å². The maximum atomic E-state index is 5.63. The van der Waals surface area contributed by atoms with Crippen LogP contribution in [-0.2, 0) is 6.42 Å². The van der Waals surface area contributed by atoms with Gasteiger partial charge in [0.15, 0.2) is 0 Å². The summed E-state index contributed by atoms with van der Waals surface area (Å²) < 4.78 is 12.9. The Morgan fingerprint density at radius 2 is 1.97 bits per heavy atom. The maximum absolute atomic E-state index is 5.63. The van der Waals surface area contributed by atoms with Gasteiger partial charge in [0, 0.05) is 41.6 Å². The maximum Gasteiger partial charge on any atom is 0.146 e. The molecule has 7 nitrogen and oxygen atoms in total. The number of pyridine rings is 1. The van der Waals surface area contributed by atoms with Gasteiger partial charge in [-0.05, 0) is 37.6 Å². The van der Waals surface area contributed by atoms with Gasteiger partial charge in [-0.15, -0.1) is 11.3 Å². The first-order valence-corrected chi connectivity index (χ1v) is 10.5. The van der Waals surface area contributed by atoms with Gasteiger partial charge < -0.3 is 14.4 Å². The van der Waals surface area contributed by atoms with Crippen LogP contribution in [-0.4, -0.2) is 40.5 Å². The summed E-state index contributed by atoms with van der Waals surface area (Å²) in [7, 11) is 3.33. The quantitative estimate of drug-likeness (QED) is 0.477. The van der Waals surface area contributed by atoms with Gasteiger partial charge in [-0.3, -0.25) is 0 Å². The fourth-order valence-electron chi connectivity index (χ4n) is 3.83. The minimum Gasteiger partial charge on any atom is -0.497 e. The predicted molar refractivity (Wildman–Crippen MR) is 117 cm³/mol. The third-order valence-corrected chi connectivity index (χ3v) is 6.01. The van der Waals surface area contributed by atoms with E-state index >= 15 is 0 Å². The number of fused-ring (bicyclic) bond motifs is 1. The Labute approximate surface area is 178 Å². The van der Waals surface area contributed by atoms with Crippen molar-refractivity contribution < 1.29 is 9.47 Å². The summed E-state index contributed by atoms with van der Waals surface area (Å²) in [5.74, 6) is 2.47. The molecular weight excluding hydrogens is 398 g/mol. The highest BCUT2D eigenvalue weighted by Gasteiger charge is 2.28. The Balaban J connectivity index is 1.58. The van der Waals surface area contributed by atoms with E-state index in [1.165, 1.54) is 5.56 Å². The SMILES string of the molecule is COc1ccc(N2CCc3c(-n4ccc(-c5nccs5)n4)cc(C)nc32)c(OC)c1. The van der Waals surface area contributed by atoms with Crippen LogP contribution >= 0.6 is 11.3 Å². The fourth-order valence-corrected chi connectivity index (χ4v) is 4.43. The first-order valence-electron chi connectivity index (χ1n) is 9.64. The molecule has 1 aromatic carbocycles. The monoisotopic (exact) mass is 419 g/mol. The first kappa shape index (κ1) is 18.6. The lowest BCUT2D eigenvalue weighted by Crippen LogP contribution is -2.15. The highest BCUT2D eigenvalue weighted by Crippen LogP contribution is 2.41. The van der Waals surface area contributed by atoms with Crippen molar-refractivity contribution >= 4 is 22.8 Å². The van der Waals surface area contributed by atoms with E-state index in [2.05, 4.69) is 16.0 Å². The molecule has 0 saturated carbocycles. The molecule has 8 heteroatoms. The van der Waals surface area contributed by atoms with Crippen LogP contribution < -0.4 is 14.4 Å². The Hall–Kier alpha value is -3.39. The lowest BCUT2D eigenvalue weighted by molar-refractivity contribution is 0.395. The molecule has 0 saturated heterocycles. The summed E-state index contributed by atoms with van der Waals surface area (Å²) in [6.07, 6.45) is 4.66. The number of aromatic nitrogens is 4. The third-order valence-electron chi connectivity index (χ3n) is 5.21. The molecule has 3 aromatic heterocycles. The number of thiazole rings is 1. The molecule has 1 aliphatic heterocycles. The number of anilines is 2. The zero-order valence-electron chi connectivity index (χ0n) is 17.0. The van der Waals surface area contributed by atoms with E-state index in [0.717, 1.165) is 58.1 Å². The van der Waals surface area contributed by atoms with Crippen LogP contribution in [0.5, 0.6) is 11.5 Å². The van der Waals surface area contributed by atoms with Crippen LogP contribution in [0.25, 0.3) is 16.4 Å². The van der Waals surface area contributed by atoms with Gasteiger partial charge in [0.2, 0.25) is 0 Å². The van der Waals surface area contributed by atoms with Crippen LogP contribution in [0.15, 0.2) is 48.1 Å². The molecule has 0 bridgehead atoms. The first-order chi connectivity index (χ1) is 14.7. The Bertz CT molecular complexity index is 1200. The molecule has 30 heavy (non-hydrogen) atoms. The van der Waals surface area contributed by atoms with Crippen molar-refractivity contribution in [3.05, 3.63) is 59.4 Å². The van der Waals surface area contributed by atoms with Gasteiger partial charge in [0.25, 0.3) is 0 Å². The largest absolute Gasteiger partial charge is 0.497 e. The van der Waals surface area contributed by atoms with Crippen molar-refractivity contribution in [1.29, 1.82) is 0 Å². The molecule has 0 radical (unpaired) electrons. The molecule has 1 aliphatic rings. The van der Waals surface area contributed by atoms with Crippen LogP contribution in [0.1, 0.15) is 11.3 Å². The van der Waals surface area contributed by atoms with Crippen molar-refractivity contribution in [3.8, 4) is 27.9 Å². The molecule has 0 atom stereocenters. The number of hydrogen-bond donors (Lipinski definition) is 0. The molecule has 4 heterocycles. The highest BCUT2D eigenvalue weighted by atomic mass is 32.1. The smallest absolute Gasteiger partial charge is 0.146 e. The molecule has 152 valence electrons. The van der Waals surface area contributed by atoms with Gasteiger partial charge in [0.1, 0.15) is 28.0 Å². The van der Waals surface area contributed by atoms with E-state index < -0.39 is 0 Å². The van der Waals surface area contributed by atoms with E-state index in [4.69, 9.17) is 19.6 Å². The standard InChI is InChI=1S/C22H21N5O2S/c1-14-12-19(27-10-7-17(25-27)22-23-8-11-30-22)16-6-9-26(21(16)24-14)18-5-4-15(28-2)13-20(18)29-3/h4-5,7-8,10-13H,6,9H2,1-3H3. The lowest BCUT2D eigenvalue weighted by Gasteiger charge is -2.22. The zero-order valence-corrected chi connectivity index (χ0v) is 17.8. The second-order valence-corrected chi connectivity index (χ2v) is 7.90.